The van der Waals surface area contributed by atoms with Gasteiger partial charge in [-0.05, 0) is 55.3 Å². The van der Waals surface area contributed by atoms with Crippen LogP contribution in [0.2, 0.25) is 0 Å². The Morgan fingerprint density at radius 3 is 2.63 bits per heavy atom. The molecule has 0 saturated carbocycles. The van der Waals surface area contributed by atoms with E-state index in [1.807, 2.05) is 65.2 Å². The molecular weight excluding hydrogens is 445 g/mol. The highest BCUT2D eigenvalue weighted by molar-refractivity contribution is 5.76. The van der Waals surface area contributed by atoms with Crippen molar-refractivity contribution < 1.29 is 13.9 Å². The summed E-state index contributed by atoms with van der Waals surface area (Å²) >= 11 is 0. The first-order valence-corrected chi connectivity index (χ1v) is 11.7. The zero-order valence-electron chi connectivity index (χ0n) is 19.8. The number of nitrogens with one attached hydrogen (secondary N) is 1. The fourth-order valence-electron chi connectivity index (χ4n) is 4.66. The number of nitrogens with zero attached hydrogens (tertiary/aromatic N) is 4. The Bertz CT molecular complexity index is 1310. The smallest absolute Gasteiger partial charge is 0.318 e. The monoisotopic (exact) mass is 473 g/mol. The van der Waals surface area contributed by atoms with Gasteiger partial charge in [0.05, 0.1) is 29.7 Å². The van der Waals surface area contributed by atoms with Gasteiger partial charge in [0.15, 0.2) is 0 Å². The summed E-state index contributed by atoms with van der Waals surface area (Å²) in [7, 11) is 1.64. The number of ether oxygens (including phenoxy) is 1. The maximum Gasteiger partial charge on any atom is 0.318 e. The van der Waals surface area contributed by atoms with Gasteiger partial charge in [0.25, 0.3) is 0 Å². The van der Waals surface area contributed by atoms with Gasteiger partial charge >= 0.3 is 6.03 Å². The molecule has 2 aromatic carbocycles. The maximum atomic E-state index is 13.8. The molecule has 35 heavy (non-hydrogen) atoms. The Labute approximate surface area is 203 Å². The molecule has 0 bridgehead atoms. The van der Waals surface area contributed by atoms with Gasteiger partial charge in [0.2, 0.25) is 0 Å². The predicted octanol–water partition coefficient (Wildman–Crippen LogP) is 4.76. The molecule has 180 valence electrons. The van der Waals surface area contributed by atoms with Crippen molar-refractivity contribution in [2.45, 2.75) is 25.9 Å². The fraction of sp³-hybridized carbons (Fsp3) is 0.259. The molecule has 0 aliphatic carbocycles. The molecule has 1 atom stereocenters. The minimum atomic E-state index is -0.413. The van der Waals surface area contributed by atoms with Crippen LogP contribution in [0, 0.1) is 12.7 Å². The molecular formula is C27H28FN5O2. The van der Waals surface area contributed by atoms with Crippen molar-refractivity contribution in [3.63, 3.8) is 0 Å². The predicted molar refractivity (Wildman–Crippen MR) is 131 cm³/mol. The third-order valence-corrected chi connectivity index (χ3v) is 6.33. The SMILES string of the molecule is COCCCNC(=O)N1Cc2c(C)nn(-c3ccccc3)c2-n2cccc2[C@@H]1c1ccc(F)cc1. The van der Waals surface area contributed by atoms with E-state index in [-0.39, 0.29) is 11.8 Å². The van der Waals surface area contributed by atoms with Gasteiger partial charge in [-0.2, -0.15) is 5.10 Å². The third-order valence-electron chi connectivity index (χ3n) is 6.33. The van der Waals surface area contributed by atoms with Crippen LogP contribution in [0.25, 0.3) is 11.5 Å². The minimum Gasteiger partial charge on any atom is -0.385 e. The van der Waals surface area contributed by atoms with Crippen LogP contribution in [0.1, 0.15) is 35.0 Å². The summed E-state index contributed by atoms with van der Waals surface area (Å²) in [6.07, 6.45) is 2.70. The van der Waals surface area contributed by atoms with E-state index in [0.717, 1.165) is 34.0 Å². The number of aromatic nitrogens is 3. The molecule has 1 aliphatic heterocycles. The van der Waals surface area contributed by atoms with Crippen molar-refractivity contribution in [3.05, 3.63) is 101 Å². The molecule has 0 saturated heterocycles. The molecule has 3 heterocycles. The lowest BCUT2D eigenvalue weighted by Crippen LogP contribution is -2.42. The number of benzene rings is 2. The molecule has 1 N–H and O–H groups in total. The first-order valence-electron chi connectivity index (χ1n) is 11.7. The zero-order chi connectivity index (χ0) is 24.4. The Morgan fingerprint density at radius 2 is 1.89 bits per heavy atom. The van der Waals surface area contributed by atoms with E-state index >= 15 is 0 Å². The molecule has 7 nitrogen and oxygen atoms in total. The number of hydrogen-bond acceptors (Lipinski definition) is 3. The lowest BCUT2D eigenvalue weighted by Gasteiger charge is -2.31. The molecule has 0 unspecified atom stereocenters. The van der Waals surface area contributed by atoms with Crippen LogP contribution in [0.4, 0.5) is 9.18 Å². The highest BCUT2D eigenvalue weighted by Crippen LogP contribution is 2.38. The number of aryl methyl sites for hydroxylation is 1. The number of carbonyl (C=O) groups excluding carboxylic acids is 1. The second-order valence-corrected chi connectivity index (χ2v) is 8.60. The number of rotatable bonds is 6. The van der Waals surface area contributed by atoms with Gasteiger partial charge in [-0.3, -0.25) is 0 Å². The molecule has 1 aliphatic rings. The van der Waals surface area contributed by atoms with Crippen molar-refractivity contribution in [1.29, 1.82) is 0 Å². The standard InChI is InChI=1S/C27H28FN5O2/c1-19-23-18-32(27(34)29-15-7-17-35-2)25(20-11-13-21(28)14-12-20)24-10-6-16-31(24)26(23)33(30-19)22-8-4-3-5-9-22/h3-6,8-14,16,25H,7,15,17-18H2,1-2H3,(H,29,34)/t25-/m0/s1. The number of fused-ring (bicyclic) bond motifs is 3. The van der Waals surface area contributed by atoms with Crippen LogP contribution >= 0.6 is 0 Å². The Hall–Kier alpha value is -3.91. The fourth-order valence-corrected chi connectivity index (χ4v) is 4.66. The van der Waals surface area contributed by atoms with Crippen LogP contribution < -0.4 is 5.32 Å². The number of carbonyl (C=O) groups is 1. The van der Waals surface area contributed by atoms with E-state index in [2.05, 4.69) is 9.88 Å². The van der Waals surface area contributed by atoms with Crippen LogP contribution in [-0.4, -0.2) is 45.5 Å². The number of urea groups is 1. The van der Waals surface area contributed by atoms with E-state index in [1.54, 1.807) is 19.2 Å². The first-order chi connectivity index (χ1) is 17.1. The lowest BCUT2D eigenvalue weighted by molar-refractivity contribution is 0.174. The van der Waals surface area contributed by atoms with Gasteiger partial charge in [-0.15, -0.1) is 0 Å². The number of para-hydroxylation sites is 1. The van der Waals surface area contributed by atoms with Crippen LogP contribution in [0.15, 0.2) is 72.9 Å². The number of hydrogen-bond donors (Lipinski definition) is 1. The second-order valence-electron chi connectivity index (χ2n) is 8.60. The average molecular weight is 474 g/mol. The summed E-state index contributed by atoms with van der Waals surface area (Å²) in [5, 5.41) is 7.88. The van der Waals surface area contributed by atoms with Gasteiger partial charge in [0.1, 0.15) is 11.6 Å². The van der Waals surface area contributed by atoms with Crippen molar-refractivity contribution in [1.82, 2.24) is 24.6 Å². The second kappa shape index (κ2) is 9.76. The maximum absolute atomic E-state index is 13.8. The molecule has 8 heteroatoms. The van der Waals surface area contributed by atoms with E-state index < -0.39 is 6.04 Å². The van der Waals surface area contributed by atoms with Gasteiger partial charge in [-0.1, -0.05) is 30.3 Å². The molecule has 4 aromatic rings. The number of halogens is 1. The molecule has 0 fully saturated rings. The Balaban J connectivity index is 1.65. The van der Waals surface area contributed by atoms with E-state index in [1.165, 1.54) is 12.1 Å². The number of amides is 2. The third kappa shape index (κ3) is 4.33. The van der Waals surface area contributed by atoms with E-state index in [0.29, 0.717) is 26.1 Å². The first kappa shape index (κ1) is 22.9. The summed E-state index contributed by atoms with van der Waals surface area (Å²) in [6.45, 7) is 3.38. The van der Waals surface area contributed by atoms with Crippen LogP contribution in [0.5, 0.6) is 0 Å². The average Bonchev–Trinajstić information content (AvgIpc) is 3.43. The van der Waals surface area contributed by atoms with Crippen molar-refractivity contribution in [3.8, 4) is 11.5 Å². The topological polar surface area (TPSA) is 64.3 Å². The van der Waals surface area contributed by atoms with Crippen LogP contribution in [-0.2, 0) is 11.3 Å². The van der Waals surface area contributed by atoms with E-state index in [4.69, 9.17) is 9.84 Å². The zero-order valence-corrected chi connectivity index (χ0v) is 19.8. The Morgan fingerprint density at radius 1 is 1.11 bits per heavy atom. The molecule has 2 amide bonds. The van der Waals surface area contributed by atoms with Crippen LogP contribution in [0.3, 0.4) is 0 Å². The molecule has 0 spiro atoms. The van der Waals surface area contributed by atoms with Gasteiger partial charge < -0.3 is 19.5 Å². The summed E-state index contributed by atoms with van der Waals surface area (Å²) in [5.41, 5.74) is 4.48. The summed E-state index contributed by atoms with van der Waals surface area (Å²) in [4.78, 5) is 15.4. The summed E-state index contributed by atoms with van der Waals surface area (Å²) in [5.74, 6) is 0.586. The lowest BCUT2D eigenvalue weighted by atomic mass is 10.0. The quantitative estimate of drug-likeness (QED) is 0.411. The van der Waals surface area contributed by atoms with E-state index in [9.17, 15) is 9.18 Å². The summed E-state index contributed by atoms with van der Waals surface area (Å²) < 4.78 is 22.9. The Kier molecular flexibility index (Phi) is 6.37. The largest absolute Gasteiger partial charge is 0.385 e. The minimum absolute atomic E-state index is 0.192. The van der Waals surface area contributed by atoms with Crippen molar-refractivity contribution in [2.24, 2.45) is 0 Å². The molecule has 0 radical (unpaired) electrons. The highest BCUT2D eigenvalue weighted by Gasteiger charge is 2.35. The summed E-state index contributed by atoms with van der Waals surface area (Å²) in [6, 6.07) is 19.7. The highest BCUT2D eigenvalue weighted by atomic mass is 19.1. The number of methoxy groups -OCH3 is 1. The van der Waals surface area contributed by atoms with Crippen molar-refractivity contribution >= 4 is 6.03 Å². The van der Waals surface area contributed by atoms with Gasteiger partial charge in [0, 0.05) is 32.0 Å². The van der Waals surface area contributed by atoms with Crippen molar-refractivity contribution in [2.75, 3.05) is 20.3 Å². The van der Waals surface area contributed by atoms with Gasteiger partial charge in [-0.25, -0.2) is 13.9 Å². The molecule has 5 rings (SSSR count). The normalized spacial score (nSPS) is 14.8. The molecule has 2 aromatic heterocycles.